The van der Waals surface area contributed by atoms with E-state index in [0.29, 0.717) is 5.02 Å². The second-order valence-corrected chi connectivity index (χ2v) is 5.97. The van der Waals surface area contributed by atoms with Gasteiger partial charge in [0.2, 0.25) is 5.91 Å². The molecule has 0 aliphatic carbocycles. The number of fused-ring (bicyclic) bond motifs is 1. The summed E-state index contributed by atoms with van der Waals surface area (Å²) in [5.74, 6) is -0.0947. The Balaban J connectivity index is 1.58. The molecule has 0 saturated carbocycles. The van der Waals surface area contributed by atoms with Crippen LogP contribution in [0.1, 0.15) is 0 Å². The first-order valence-corrected chi connectivity index (χ1v) is 7.73. The highest BCUT2D eigenvalue weighted by molar-refractivity contribution is 7.17. The quantitative estimate of drug-likeness (QED) is 0.738. The minimum Gasteiger partial charge on any atom is -0.376 e. The molecule has 2 aromatic carbocycles. The average Bonchev–Trinajstić information content (AvgIpc) is 2.95. The summed E-state index contributed by atoms with van der Waals surface area (Å²) >= 11 is 7.51. The SMILES string of the molecule is O=C(CNc1ccc2sccc2c1)Nc1ccc(Cl)cc1. The van der Waals surface area contributed by atoms with Gasteiger partial charge >= 0.3 is 0 Å². The van der Waals surface area contributed by atoms with Crippen molar-refractivity contribution in [2.45, 2.75) is 0 Å². The molecule has 1 heterocycles. The fourth-order valence-corrected chi connectivity index (χ4v) is 2.89. The number of hydrogen-bond acceptors (Lipinski definition) is 3. The highest BCUT2D eigenvalue weighted by Gasteiger charge is 2.03. The van der Waals surface area contributed by atoms with Gasteiger partial charge in [-0.15, -0.1) is 11.3 Å². The zero-order chi connectivity index (χ0) is 14.7. The van der Waals surface area contributed by atoms with Gasteiger partial charge < -0.3 is 10.6 Å². The van der Waals surface area contributed by atoms with E-state index in [1.807, 2.05) is 12.1 Å². The maximum absolute atomic E-state index is 11.9. The standard InChI is InChI=1S/C16H13ClN2OS/c17-12-1-3-13(4-2-12)19-16(20)10-18-14-5-6-15-11(9-14)7-8-21-15/h1-9,18H,10H2,(H,19,20). The lowest BCUT2D eigenvalue weighted by Gasteiger charge is -2.08. The van der Waals surface area contributed by atoms with Crippen LogP contribution in [0, 0.1) is 0 Å². The van der Waals surface area contributed by atoms with E-state index in [1.54, 1.807) is 35.6 Å². The van der Waals surface area contributed by atoms with E-state index in [0.717, 1.165) is 11.4 Å². The summed E-state index contributed by atoms with van der Waals surface area (Å²) in [6, 6.07) is 15.2. The van der Waals surface area contributed by atoms with Gasteiger partial charge in [0.05, 0.1) is 6.54 Å². The third-order valence-corrected chi connectivity index (χ3v) is 4.18. The Morgan fingerprint density at radius 1 is 1.05 bits per heavy atom. The fraction of sp³-hybridized carbons (Fsp3) is 0.0625. The molecule has 1 amide bonds. The van der Waals surface area contributed by atoms with E-state index in [1.165, 1.54) is 10.1 Å². The van der Waals surface area contributed by atoms with Crippen molar-refractivity contribution in [3.8, 4) is 0 Å². The van der Waals surface area contributed by atoms with E-state index in [9.17, 15) is 4.79 Å². The maximum Gasteiger partial charge on any atom is 0.243 e. The first kappa shape index (κ1) is 13.9. The molecule has 0 spiro atoms. The van der Waals surface area contributed by atoms with Gasteiger partial charge in [-0.2, -0.15) is 0 Å². The number of carbonyl (C=O) groups is 1. The normalized spacial score (nSPS) is 10.5. The lowest BCUT2D eigenvalue weighted by Crippen LogP contribution is -2.21. The van der Waals surface area contributed by atoms with Crippen LogP contribution in [0.3, 0.4) is 0 Å². The smallest absolute Gasteiger partial charge is 0.243 e. The molecule has 0 unspecified atom stereocenters. The van der Waals surface area contributed by atoms with E-state index >= 15 is 0 Å². The number of nitrogens with one attached hydrogen (secondary N) is 2. The van der Waals surface area contributed by atoms with Crippen LogP contribution in [0.25, 0.3) is 10.1 Å². The number of thiophene rings is 1. The summed E-state index contributed by atoms with van der Waals surface area (Å²) in [5.41, 5.74) is 1.67. The summed E-state index contributed by atoms with van der Waals surface area (Å²) in [4.78, 5) is 11.9. The molecule has 0 aliphatic rings. The lowest BCUT2D eigenvalue weighted by molar-refractivity contribution is -0.114. The molecule has 1 aromatic heterocycles. The van der Waals surface area contributed by atoms with Gasteiger partial charge in [0.25, 0.3) is 0 Å². The van der Waals surface area contributed by atoms with Crippen LogP contribution < -0.4 is 10.6 Å². The van der Waals surface area contributed by atoms with Crippen LogP contribution in [0.4, 0.5) is 11.4 Å². The van der Waals surface area contributed by atoms with Crippen molar-refractivity contribution in [3.05, 3.63) is 58.9 Å². The summed E-state index contributed by atoms with van der Waals surface area (Å²) in [6.45, 7) is 0.221. The molecule has 21 heavy (non-hydrogen) atoms. The minimum atomic E-state index is -0.0947. The zero-order valence-electron chi connectivity index (χ0n) is 11.1. The van der Waals surface area contributed by atoms with E-state index in [4.69, 9.17) is 11.6 Å². The van der Waals surface area contributed by atoms with E-state index in [-0.39, 0.29) is 12.5 Å². The summed E-state index contributed by atoms with van der Waals surface area (Å²) < 4.78 is 1.24. The summed E-state index contributed by atoms with van der Waals surface area (Å²) in [5, 5.41) is 9.83. The van der Waals surface area contributed by atoms with Crippen molar-refractivity contribution < 1.29 is 4.79 Å². The summed E-state index contributed by atoms with van der Waals surface area (Å²) in [7, 11) is 0. The van der Waals surface area contributed by atoms with Crippen LogP contribution in [0.2, 0.25) is 5.02 Å². The molecular formula is C16H13ClN2OS. The molecule has 3 nitrogen and oxygen atoms in total. The number of anilines is 2. The van der Waals surface area contributed by atoms with Crippen LogP contribution in [-0.4, -0.2) is 12.5 Å². The van der Waals surface area contributed by atoms with Gasteiger partial charge in [0.1, 0.15) is 0 Å². The molecular weight excluding hydrogens is 304 g/mol. The number of carbonyl (C=O) groups excluding carboxylic acids is 1. The Morgan fingerprint density at radius 2 is 1.81 bits per heavy atom. The Labute approximate surface area is 131 Å². The van der Waals surface area contributed by atoms with Crippen LogP contribution >= 0.6 is 22.9 Å². The molecule has 0 radical (unpaired) electrons. The maximum atomic E-state index is 11.9. The molecule has 3 aromatic rings. The highest BCUT2D eigenvalue weighted by atomic mass is 35.5. The second-order valence-electron chi connectivity index (χ2n) is 4.58. The predicted octanol–water partition coefficient (Wildman–Crippen LogP) is 4.61. The highest BCUT2D eigenvalue weighted by Crippen LogP contribution is 2.23. The molecule has 5 heteroatoms. The molecule has 0 bridgehead atoms. The van der Waals surface area contributed by atoms with E-state index < -0.39 is 0 Å². The van der Waals surface area contributed by atoms with Crippen molar-refractivity contribution in [2.75, 3.05) is 17.2 Å². The Bertz CT molecular complexity index is 767. The lowest BCUT2D eigenvalue weighted by atomic mass is 10.2. The molecule has 0 saturated heterocycles. The second kappa shape index (κ2) is 6.16. The van der Waals surface area contributed by atoms with Gasteiger partial charge in [-0.3, -0.25) is 4.79 Å². The Morgan fingerprint density at radius 3 is 2.62 bits per heavy atom. The van der Waals surface area contributed by atoms with Crippen molar-refractivity contribution in [2.24, 2.45) is 0 Å². The average molecular weight is 317 g/mol. The largest absolute Gasteiger partial charge is 0.376 e. The molecule has 106 valence electrons. The predicted molar refractivity (Wildman–Crippen MR) is 90.4 cm³/mol. The van der Waals surface area contributed by atoms with Crippen molar-refractivity contribution in [3.63, 3.8) is 0 Å². The molecule has 0 aliphatic heterocycles. The first-order chi connectivity index (χ1) is 10.2. The van der Waals surface area contributed by atoms with Crippen molar-refractivity contribution in [1.29, 1.82) is 0 Å². The first-order valence-electron chi connectivity index (χ1n) is 6.47. The number of hydrogen-bond donors (Lipinski definition) is 2. The third-order valence-electron chi connectivity index (χ3n) is 3.03. The van der Waals surface area contributed by atoms with Crippen LogP contribution in [0.15, 0.2) is 53.9 Å². The fourth-order valence-electron chi connectivity index (χ4n) is 2.00. The zero-order valence-corrected chi connectivity index (χ0v) is 12.7. The number of rotatable bonds is 4. The van der Waals surface area contributed by atoms with Gasteiger partial charge in [-0.05, 0) is 59.3 Å². The molecule has 2 N–H and O–H groups in total. The van der Waals surface area contributed by atoms with Gasteiger partial charge in [-0.25, -0.2) is 0 Å². The topological polar surface area (TPSA) is 41.1 Å². The minimum absolute atomic E-state index is 0.0947. The number of halogens is 1. The number of amides is 1. The monoisotopic (exact) mass is 316 g/mol. The van der Waals surface area contributed by atoms with E-state index in [2.05, 4.69) is 28.1 Å². The van der Waals surface area contributed by atoms with Crippen molar-refractivity contribution in [1.82, 2.24) is 0 Å². The number of benzene rings is 2. The third kappa shape index (κ3) is 3.54. The van der Waals surface area contributed by atoms with Crippen LogP contribution in [0.5, 0.6) is 0 Å². The van der Waals surface area contributed by atoms with Gasteiger partial charge in [-0.1, -0.05) is 11.6 Å². The Kier molecular flexibility index (Phi) is 4.08. The van der Waals surface area contributed by atoms with Crippen LogP contribution in [-0.2, 0) is 4.79 Å². The Hall–Kier alpha value is -2.04. The molecule has 3 rings (SSSR count). The molecule has 0 fully saturated rings. The van der Waals surface area contributed by atoms with Crippen molar-refractivity contribution >= 4 is 50.3 Å². The van der Waals surface area contributed by atoms with Gasteiger partial charge in [0, 0.05) is 21.1 Å². The molecule has 0 atom stereocenters. The summed E-state index contributed by atoms with van der Waals surface area (Å²) in [6.07, 6.45) is 0. The van der Waals surface area contributed by atoms with Gasteiger partial charge in [0.15, 0.2) is 0 Å².